The third-order valence-corrected chi connectivity index (χ3v) is 5.34. The minimum atomic E-state index is -0.852. The van der Waals surface area contributed by atoms with Gasteiger partial charge in [0.25, 0.3) is 0 Å². The lowest BCUT2D eigenvalue weighted by atomic mass is 9.85. The number of carboxylic acids is 1. The Morgan fingerprint density at radius 2 is 2.29 bits per heavy atom. The van der Waals surface area contributed by atoms with Crippen molar-refractivity contribution in [2.75, 3.05) is 0 Å². The Labute approximate surface area is 128 Å². The summed E-state index contributed by atoms with van der Waals surface area (Å²) in [6, 6.07) is 1.48. The molecule has 0 radical (unpaired) electrons. The Hall–Kier alpha value is -1.56. The Morgan fingerprint density at radius 3 is 2.95 bits per heavy atom. The predicted molar refractivity (Wildman–Crippen MR) is 82.5 cm³/mol. The lowest BCUT2D eigenvalue weighted by molar-refractivity contribution is -0.148. The second-order valence-electron chi connectivity index (χ2n) is 5.72. The van der Waals surface area contributed by atoms with E-state index in [1.165, 1.54) is 5.56 Å². The number of carboxylic acid groups (broad SMARTS) is 1. The lowest BCUT2D eigenvalue weighted by Gasteiger charge is -2.27. The zero-order valence-corrected chi connectivity index (χ0v) is 13.3. The summed E-state index contributed by atoms with van der Waals surface area (Å²) in [5.41, 5.74) is 0.394. The summed E-state index contributed by atoms with van der Waals surface area (Å²) in [6.07, 6.45) is 3.11. The molecule has 2 amide bonds. The van der Waals surface area contributed by atoms with Crippen molar-refractivity contribution in [1.82, 2.24) is 10.6 Å². The monoisotopic (exact) mass is 310 g/mol. The standard InChI is InChI=1S/C15H22N2O3S/c1-3-10-6-8-21-11(10)9-16-14(20)17-12-5-4-7-15(12,2)13(18)19/h6,8,12H,3-5,7,9H2,1-2H3,(H,18,19)(H2,16,17,20). The van der Waals surface area contributed by atoms with Gasteiger partial charge in [-0.2, -0.15) is 0 Å². The molecule has 5 nitrogen and oxygen atoms in total. The minimum absolute atomic E-state index is 0.287. The molecule has 0 spiro atoms. The van der Waals surface area contributed by atoms with Crippen molar-refractivity contribution >= 4 is 23.3 Å². The van der Waals surface area contributed by atoms with Crippen LogP contribution in [0.3, 0.4) is 0 Å². The summed E-state index contributed by atoms with van der Waals surface area (Å²) in [4.78, 5) is 24.5. The van der Waals surface area contributed by atoms with E-state index in [4.69, 9.17) is 0 Å². The van der Waals surface area contributed by atoms with Crippen molar-refractivity contribution in [3.63, 3.8) is 0 Å². The normalized spacial score (nSPS) is 24.8. The predicted octanol–water partition coefficient (Wildman–Crippen LogP) is 2.75. The molecular formula is C15H22N2O3S. The van der Waals surface area contributed by atoms with E-state index in [9.17, 15) is 14.7 Å². The highest BCUT2D eigenvalue weighted by Gasteiger charge is 2.45. The number of aliphatic carboxylic acids is 1. The Kier molecular flexibility index (Phi) is 4.88. The zero-order valence-electron chi connectivity index (χ0n) is 12.4. The van der Waals surface area contributed by atoms with Crippen LogP contribution in [0.2, 0.25) is 0 Å². The first-order valence-electron chi connectivity index (χ1n) is 7.30. The van der Waals surface area contributed by atoms with Gasteiger partial charge in [-0.1, -0.05) is 13.3 Å². The Balaban J connectivity index is 1.89. The average Bonchev–Trinajstić information content (AvgIpc) is 3.04. The van der Waals surface area contributed by atoms with Crippen LogP contribution >= 0.6 is 11.3 Å². The van der Waals surface area contributed by atoms with E-state index >= 15 is 0 Å². The van der Waals surface area contributed by atoms with Crippen LogP contribution in [0.25, 0.3) is 0 Å². The number of hydrogen-bond donors (Lipinski definition) is 3. The third-order valence-electron chi connectivity index (χ3n) is 4.38. The quantitative estimate of drug-likeness (QED) is 0.782. The van der Waals surface area contributed by atoms with Gasteiger partial charge in [-0.15, -0.1) is 11.3 Å². The number of nitrogens with one attached hydrogen (secondary N) is 2. The maximum atomic E-state index is 12.0. The van der Waals surface area contributed by atoms with Crippen molar-refractivity contribution in [3.05, 3.63) is 21.9 Å². The third kappa shape index (κ3) is 3.37. The summed E-state index contributed by atoms with van der Waals surface area (Å²) in [5.74, 6) is -0.836. The van der Waals surface area contributed by atoms with Crippen molar-refractivity contribution in [2.24, 2.45) is 5.41 Å². The van der Waals surface area contributed by atoms with E-state index in [1.54, 1.807) is 18.3 Å². The molecule has 6 heteroatoms. The van der Waals surface area contributed by atoms with E-state index < -0.39 is 11.4 Å². The molecule has 2 unspecified atom stereocenters. The van der Waals surface area contributed by atoms with E-state index in [0.29, 0.717) is 13.0 Å². The summed E-state index contributed by atoms with van der Waals surface area (Å²) in [5, 5.41) is 17.0. The lowest BCUT2D eigenvalue weighted by Crippen LogP contribution is -2.50. The van der Waals surface area contributed by atoms with Crippen LogP contribution in [0.15, 0.2) is 11.4 Å². The minimum Gasteiger partial charge on any atom is -0.481 e. The smallest absolute Gasteiger partial charge is 0.315 e. The second kappa shape index (κ2) is 6.47. The largest absolute Gasteiger partial charge is 0.481 e. The van der Waals surface area contributed by atoms with Crippen molar-refractivity contribution in [1.29, 1.82) is 0 Å². The number of carbonyl (C=O) groups is 2. The molecule has 1 saturated carbocycles. The van der Waals surface area contributed by atoms with Gasteiger partial charge in [0.2, 0.25) is 0 Å². The van der Waals surface area contributed by atoms with Gasteiger partial charge in [0, 0.05) is 10.9 Å². The number of aryl methyl sites for hydroxylation is 1. The molecule has 1 aromatic rings. The van der Waals surface area contributed by atoms with Gasteiger partial charge in [-0.25, -0.2) is 4.79 Å². The van der Waals surface area contributed by atoms with E-state index in [2.05, 4.69) is 23.6 Å². The van der Waals surface area contributed by atoms with Gasteiger partial charge in [-0.05, 0) is 43.2 Å². The van der Waals surface area contributed by atoms with E-state index in [1.807, 2.05) is 5.38 Å². The molecule has 0 aromatic carbocycles. The van der Waals surface area contributed by atoms with E-state index in [-0.39, 0.29) is 12.1 Å². The Morgan fingerprint density at radius 1 is 1.52 bits per heavy atom. The molecule has 2 rings (SSSR count). The highest BCUT2D eigenvalue weighted by atomic mass is 32.1. The van der Waals surface area contributed by atoms with Crippen molar-refractivity contribution < 1.29 is 14.7 Å². The molecule has 0 bridgehead atoms. The van der Waals surface area contributed by atoms with Crippen LogP contribution in [0.1, 0.15) is 43.6 Å². The average molecular weight is 310 g/mol. The molecule has 1 aliphatic rings. The summed E-state index contributed by atoms with van der Waals surface area (Å²) >= 11 is 1.63. The number of hydrogen-bond acceptors (Lipinski definition) is 3. The summed E-state index contributed by atoms with van der Waals surface area (Å²) in [7, 11) is 0. The Bertz CT molecular complexity index is 529. The number of carbonyl (C=O) groups excluding carboxylic acids is 1. The fourth-order valence-electron chi connectivity index (χ4n) is 2.86. The molecule has 1 heterocycles. The summed E-state index contributed by atoms with van der Waals surface area (Å²) < 4.78 is 0. The molecule has 0 aliphatic heterocycles. The molecule has 1 aromatic heterocycles. The molecule has 116 valence electrons. The first-order chi connectivity index (χ1) is 9.97. The molecular weight excluding hydrogens is 288 g/mol. The molecule has 21 heavy (non-hydrogen) atoms. The molecule has 3 N–H and O–H groups in total. The van der Waals surface area contributed by atoms with Gasteiger partial charge in [0.05, 0.1) is 12.0 Å². The van der Waals surface area contributed by atoms with Crippen LogP contribution in [-0.4, -0.2) is 23.1 Å². The van der Waals surface area contributed by atoms with Gasteiger partial charge in [0.1, 0.15) is 0 Å². The first kappa shape index (κ1) is 15.8. The van der Waals surface area contributed by atoms with Crippen LogP contribution in [-0.2, 0) is 17.8 Å². The fraction of sp³-hybridized carbons (Fsp3) is 0.600. The first-order valence-corrected chi connectivity index (χ1v) is 8.18. The second-order valence-corrected chi connectivity index (χ2v) is 6.72. The number of rotatable bonds is 5. The van der Waals surface area contributed by atoms with Crippen molar-refractivity contribution in [2.45, 2.75) is 52.1 Å². The number of urea groups is 1. The fourth-order valence-corrected chi connectivity index (χ4v) is 3.78. The topological polar surface area (TPSA) is 78.4 Å². The van der Waals surface area contributed by atoms with E-state index in [0.717, 1.165) is 24.1 Å². The van der Waals surface area contributed by atoms with Gasteiger partial charge < -0.3 is 15.7 Å². The maximum absolute atomic E-state index is 12.0. The van der Waals surface area contributed by atoms with Gasteiger partial charge >= 0.3 is 12.0 Å². The number of thiophene rings is 1. The van der Waals surface area contributed by atoms with Crippen LogP contribution in [0, 0.1) is 5.41 Å². The number of amides is 2. The van der Waals surface area contributed by atoms with Gasteiger partial charge in [0.15, 0.2) is 0 Å². The van der Waals surface area contributed by atoms with Gasteiger partial charge in [-0.3, -0.25) is 4.79 Å². The van der Waals surface area contributed by atoms with Crippen LogP contribution in [0.5, 0.6) is 0 Å². The highest BCUT2D eigenvalue weighted by molar-refractivity contribution is 7.10. The SMILES string of the molecule is CCc1ccsc1CNC(=O)NC1CCCC1(C)C(=O)O. The maximum Gasteiger partial charge on any atom is 0.315 e. The molecule has 1 aliphatic carbocycles. The van der Waals surface area contributed by atoms with Crippen LogP contribution in [0.4, 0.5) is 4.79 Å². The highest BCUT2D eigenvalue weighted by Crippen LogP contribution is 2.38. The molecule has 0 saturated heterocycles. The zero-order chi connectivity index (χ0) is 15.5. The molecule has 1 fully saturated rings. The molecule has 2 atom stereocenters. The summed E-state index contributed by atoms with van der Waals surface area (Å²) in [6.45, 7) is 4.29. The van der Waals surface area contributed by atoms with Crippen LogP contribution < -0.4 is 10.6 Å². The van der Waals surface area contributed by atoms with Crippen molar-refractivity contribution in [3.8, 4) is 0 Å².